The molecule has 0 aromatic heterocycles. The van der Waals surface area contributed by atoms with Gasteiger partial charge in [-0.05, 0) is 84.9 Å². The minimum atomic E-state index is -3.43. The number of rotatable bonds is 11. The molecule has 0 radical (unpaired) electrons. The highest BCUT2D eigenvalue weighted by atomic mass is 32.2. The van der Waals surface area contributed by atoms with Crippen LogP contribution in [0, 0.1) is 35.3 Å². The molecule has 2 aromatic carbocycles. The summed E-state index contributed by atoms with van der Waals surface area (Å²) < 4.78 is 52.8. The number of halogens is 2. The minimum absolute atomic E-state index is 0.0742. The fourth-order valence-electron chi connectivity index (χ4n) is 7.23. The molecule has 3 aliphatic rings. The lowest BCUT2D eigenvalue weighted by Crippen LogP contribution is -2.42. The number of aliphatic carboxylic acids is 1. The van der Waals surface area contributed by atoms with Crippen molar-refractivity contribution in [2.45, 2.75) is 81.1 Å². The number of carboxylic acids is 1. The Bertz CT molecular complexity index is 1260. The van der Waals surface area contributed by atoms with Crippen molar-refractivity contribution in [3.63, 3.8) is 0 Å². The zero-order chi connectivity index (χ0) is 28.3. The molecule has 2 saturated carbocycles. The van der Waals surface area contributed by atoms with Crippen LogP contribution in [0.15, 0.2) is 53.4 Å². The van der Waals surface area contributed by atoms with Crippen molar-refractivity contribution in [1.29, 1.82) is 0 Å². The number of benzene rings is 2. The van der Waals surface area contributed by atoms with Crippen LogP contribution in [0.4, 0.5) is 8.78 Å². The molecule has 5 nitrogen and oxygen atoms in total. The summed E-state index contributed by atoms with van der Waals surface area (Å²) in [5.74, 6) is 0.351. The molecule has 1 heterocycles. The summed E-state index contributed by atoms with van der Waals surface area (Å²) in [4.78, 5) is 14.6. The summed E-state index contributed by atoms with van der Waals surface area (Å²) in [6, 6.07) is 11.4. The van der Waals surface area contributed by atoms with Gasteiger partial charge in [-0.3, -0.25) is 9.69 Å². The van der Waals surface area contributed by atoms with Gasteiger partial charge in [-0.2, -0.15) is 0 Å². The van der Waals surface area contributed by atoms with Gasteiger partial charge in [0.05, 0.1) is 10.6 Å². The Labute approximate surface area is 236 Å². The molecule has 0 bridgehead atoms. The number of carbonyl (C=O) groups is 1. The largest absolute Gasteiger partial charge is 0.480 e. The second kappa shape index (κ2) is 12.7. The number of likely N-dealkylation sites (tertiary alicyclic amines) is 1. The first-order valence-corrected chi connectivity index (χ1v) is 16.5. The van der Waals surface area contributed by atoms with Crippen LogP contribution in [-0.2, 0) is 14.6 Å². The Morgan fingerprint density at radius 1 is 0.900 bits per heavy atom. The Morgan fingerprint density at radius 2 is 1.60 bits per heavy atom. The Balaban J connectivity index is 1.19. The second-order valence-corrected chi connectivity index (χ2v) is 14.6. The topological polar surface area (TPSA) is 74.7 Å². The molecule has 2 aromatic rings. The lowest BCUT2D eigenvalue weighted by molar-refractivity contribution is -0.144. The lowest BCUT2D eigenvalue weighted by Gasteiger charge is -2.33. The smallest absolute Gasteiger partial charge is 0.320 e. The van der Waals surface area contributed by atoms with Crippen molar-refractivity contribution in [3.8, 4) is 0 Å². The van der Waals surface area contributed by atoms with E-state index in [0.29, 0.717) is 37.1 Å². The van der Waals surface area contributed by atoms with E-state index in [0.717, 1.165) is 57.1 Å². The van der Waals surface area contributed by atoms with Gasteiger partial charge in [-0.25, -0.2) is 17.2 Å². The van der Waals surface area contributed by atoms with E-state index >= 15 is 0 Å². The van der Waals surface area contributed by atoms with Crippen molar-refractivity contribution in [2.24, 2.45) is 23.7 Å². The van der Waals surface area contributed by atoms with Crippen LogP contribution in [0.3, 0.4) is 0 Å². The van der Waals surface area contributed by atoms with Crippen LogP contribution < -0.4 is 0 Å². The molecule has 1 aliphatic heterocycles. The highest BCUT2D eigenvalue weighted by Crippen LogP contribution is 2.43. The molecule has 1 N–H and O–H groups in total. The first-order chi connectivity index (χ1) is 19.2. The van der Waals surface area contributed by atoms with Crippen molar-refractivity contribution in [1.82, 2.24) is 4.90 Å². The summed E-state index contributed by atoms with van der Waals surface area (Å²) in [5.41, 5.74) is 0.958. The summed E-state index contributed by atoms with van der Waals surface area (Å²) in [7, 11) is -3.43. The number of hydrogen-bond donors (Lipinski definition) is 1. The van der Waals surface area contributed by atoms with Gasteiger partial charge in [-0.15, -0.1) is 0 Å². The first-order valence-electron chi connectivity index (χ1n) is 14.9. The standard InChI is InChI=1S/C32H41F2NO4S/c33-27-11-13-29(14-12-27)40(38,39)16-15-22-7-9-24(10-8-22)17-26-20-35(31(32(36)37)18-23-3-1-4-23)21-30(26)25-5-2-6-28(34)19-25/h2,5-6,11-14,19,22-24,26,30-31H,1,3-4,7-10,15-18,20-21H2,(H,36,37)/t22?,24?,26-,30+,31+/m0/s1. The van der Waals surface area contributed by atoms with Crippen molar-refractivity contribution >= 4 is 15.8 Å². The van der Waals surface area contributed by atoms with E-state index < -0.39 is 27.7 Å². The zero-order valence-corrected chi connectivity index (χ0v) is 23.9. The molecule has 0 spiro atoms. The molecule has 5 rings (SSSR count). The number of carboxylic acid groups (broad SMARTS) is 1. The summed E-state index contributed by atoms with van der Waals surface area (Å²) in [5, 5.41) is 10.1. The third-order valence-corrected chi connectivity index (χ3v) is 11.6. The number of nitrogens with zero attached hydrogens (tertiary/aromatic N) is 1. The molecule has 8 heteroatoms. The van der Waals surface area contributed by atoms with Gasteiger partial charge >= 0.3 is 5.97 Å². The highest BCUT2D eigenvalue weighted by molar-refractivity contribution is 7.91. The van der Waals surface area contributed by atoms with Crippen LogP contribution in [0.2, 0.25) is 0 Å². The van der Waals surface area contributed by atoms with Crippen LogP contribution >= 0.6 is 0 Å². The van der Waals surface area contributed by atoms with Gasteiger partial charge in [-0.1, -0.05) is 57.1 Å². The predicted molar refractivity (Wildman–Crippen MR) is 151 cm³/mol. The Morgan fingerprint density at radius 3 is 2.23 bits per heavy atom. The molecule has 0 unspecified atom stereocenters. The normalized spacial score (nSPS) is 26.9. The van der Waals surface area contributed by atoms with E-state index in [1.807, 2.05) is 6.07 Å². The molecular weight excluding hydrogens is 532 g/mol. The van der Waals surface area contributed by atoms with E-state index in [1.165, 1.54) is 36.8 Å². The maximum atomic E-state index is 14.2. The van der Waals surface area contributed by atoms with Gasteiger partial charge in [0.2, 0.25) is 0 Å². The Hall–Kier alpha value is -2.32. The molecule has 3 fully saturated rings. The summed E-state index contributed by atoms with van der Waals surface area (Å²) in [6.45, 7) is 1.37. The predicted octanol–water partition coefficient (Wildman–Crippen LogP) is 6.68. The van der Waals surface area contributed by atoms with E-state index in [2.05, 4.69) is 4.90 Å². The molecule has 2 aliphatic carbocycles. The van der Waals surface area contributed by atoms with Crippen molar-refractivity contribution in [3.05, 3.63) is 65.7 Å². The van der Waals surface area contributed by atoms with Crippen LogP contribution in [-0.4, -0.2) is 49.3 Å². The van der Waals surface area contributed by atoms with Crippen molar-refractivity contribution in [2.75, 3.05) is 18.8 Å². The van der Waals surface area contributed by atoms with Crippen LogP contribution in [0.25, 0.3) is 0 Å². The van der Waals surface area contributed by atoms with Gasteiger partial charge in [0.15, 0.2) is 9.84 Å². The molecule has 1 saturated heterocycles. The molecule has 0 amide bonds. The number of sulfone groups is 1. The highest BCUT2D eigenvalue weighted by Gasteiger charge is 2.41. The van der Waals surface area contributed by atoms with Gasteiger partial charge in [0, 0.05) is 19.0 Å². The number of hydrogen-bond acceptors (Lipinski definition) is 4. The Kier molecular flexibility index (Phi) is 9.25. The van der Waals surface area contributed by atoms with E-state index in [9.17, 15) is 27.1 Å². The monoisotopic (exact) mass is 573 g/mol. The zero-order valence-electron chi connectivity index (χ0n) is 23.1. The maximum Gasteiger partial charge on any atom is 0.320 e. The third-order valence-electron chi connectivity index (χ3n) is 9.82. The first kappa shape index (κ1) is 29.2. The third kappa shape index (κ3) is 7.11. The summed E-state index contributed by atoms with van der Waals surface area (Å²) in [6.07, 6.45) is 9.71. The summed E-state index contributed by atoms with van der Waals surface area (Å²) >= 11 is 0. The average molecular weight is 574 g/mol. The van der Waals surface area contributed by atoms with Crippen LogP contribution in [0.5, 0.6) is 0 Å². The fraction of sp³-hybridized carbons (Fsp3) is 0.594. The minimum Gasteiger partial charge on any atom is -0.480 e. The molecule has 3 atom stereocenters. The lowest BCUT2D eigenvalue weighted by atomic mass is 9.74. The molecule has 218 valence electrons. The van der Waals surface area contributed by atoms with Gasteiger partial charge < -0.3 is 5.11 Å². The fourth-order valence-corrected chi connectivity index (χ4v) is 8.66. The van der Waals surface area contributed by atoms with E-state index in [4.69, 9.17) is 0 Å². The molecular formula is C32H41F2NO4S. The maximum absolute atomic E-state index is 14.2. The average Bonchev–Trinajstić information content (AvgIpc) is 3.31. The quantitative estimate of drug-likeness (QED) is 0.304. The van der Waals surface area contributed by atoms with E-state index in [-0.39, 0.29) is 28.3 Å². The van der Waals surface area contributed by atoms with E-state index in [1.54, 1.807) is 12.1 Å². The van der Waals surface area contributed by atoms with Crippen LogP contribution in [0.1, 0.15) is 75.7 Å². The second-order valence-electron chi connectivity index (χ2n) is 12.4. The van der Waals surface area contributed by atoms with Gasteiger partial charge in [0.1, 0.15) is 17.7 Å². The van der Waals surface area contributed by atoms with Crippen molar-refractivity contribution < 1.29 is 27.1 Å². The SMILES string of the molecule is O=C(O)[C@@H](CC1CCC1)N1C[C@H](CC2CCC(CCS(=O)(=O)c3ccc(F)cc3)CC2)[C@@H](c2cccc(F)c2)C1. The van der Waals surface area contributed by atoms with Gasteiger partial charge in [0.25, 0.3) is 0 Å². The molecule has 40 heavy (non-hydrogen) atoms.